The highest BCUT2D eigenvalue weighted by Gasteiger charge is 2.11. The summed E-state index contributed by atoms with van der Waals surface area (Å²) in [6, 6.07) is 13.3. The fourth-order valence-electron chi connectivity index (χ4n) is 3.21. The average molecular weight is 405 g/mol. The molecule has 0 fully saturated rings. The number of benzene rings is 2. The maximum Gasteiger partial charge on any atom is 0.294 e. The van der Waals surface area contributed by atoms with Crippen molar-refractivity contribution < 1.29 is 5.11 Å². The van der Waals surface area contributed by atoms with E-state index >= 15 is 0 Å². The molecule has 6 heteroatoms. The molecule has 3 rings (SSSR count). The number of aryl methyl sites for hydroxylation is 3. The third-order valence-corrected chi connectivity index (χ3v) is 5.03. The Bertz CT molecular complexity index is 1120. The Morgan fingerprint density at radius 2 is 1.73 bits per heavy atom. The van der Waals surface area contributed by atoms with Crippen LogP contribution in [0, 0.1) is 13.8 Å². The second kappa shape index (κ2) is 9.87. The topological polar surface area (TPSA) is 82.7 Å². The van der Waals surface area contributed by atoms with Crippen LogP contribution in [0.4, 0.5) is 11.4 Å². The lowest BCUT2D eigenvalue weighted by Gasteiger charge is -2.03. The van der Waals surface area contributed by atoms with E-state index in [4.69, 9.17) is 0 Å². The van der Waals surface area contributed by atoms with E-state index in [1.807, 2.05) is 49.4 Å². The number of phenolic OH excluding ortho intramolecular Hbond substituents is 1. The molecule has 2 aromatic carbocycles. The molecule has 0 saturated heterocycles. The highest BCUT2D eigenvalue weighted by molar-refractivity contribution is 5.76. The smallest absolute Gasteiger partial charge is 0.294 e. The van der Waals surface area contributed by atoms with Crippen LogP contribution in [0.2, 0.25) is 0 Å². The van der Waals surface area contributed by atoms with E-state index in [0.717, 1.165) is 30.4 Å². The number of phenols is 1. The molecular weight excluding hydrogens is 376 g/mol. The van der Waals surface area contributed by atoms with Gasteiger partial charge < -0.3 is 5.11 Å². The van der Waals surface area contributed by atoms with E-state index in [2.05, 4.69) is 22.3 Å². The predicted molar refractivity (Wildman–Crippen MR) is 122 cm³/mol. The van der Waals surface area contributed by atoms with Gasteiger partial charge in [0.25, 0.3) is 5.56 Å². The Balaban J connectivity index is 1.83. The minimum atomic E-state index is -0.192. The molecule has 30 heavy (non-hydrogen) atoms. The number of para-hydroxylation sites is 1. The Labute approximate surface area is 176 Å². The fourth-order valence-corrected chi connectivity index (χ4v) is 3.21. The number of unbranched alkanes of at least 4 members (excludes halogenated alkanes) is 2. The van der Waals surface area contributed by atoms with E-state index in [-0.39, 0.29) is 17.0 Å². The molecular formula is C24H28N4O2. The van der Waals surface area contributed by atoms with Gasteiger partial charge in [0.15, 0.2) is 5.69 Å². The van der Waals surface area contributed by atoms with Gasteiger partial charge in [0.2, 0.25) is 0 Å². The van der Waals surface area contributed by atoms with Crippen molar-refractivity contribution >= 4 is 23.5 Å². The van der Waals surface area contributed by atoms with Gasteiger partial charge in [0.05, 0.1) is 5.69 Å². The lowest BCUT2D eigenvalue weighted by atomic mass is 10.1. The SMILES string of the molecule is CCCCCn1[nH]c(C)c(N=Nc2cccc(/C=C/c3ccccc3C)c2O)c1=O. The molecule has 0 aliphatic rings. The number of rotatable bonds is 8. The van der Waals surface area contributed by atoms with Crippen LogP contribution in [-0.2, 0) is 6.54 Å². The molecule has 3 aromatic rings. The van der Waals surface area contributed by atoms with E-state index in [9.17, 15) is 9.90 Å². The Kier molecular flexibility index (Phi) is 7.01. The maximum absolute atomic E-state index is 12.6. The standard InChI is InChI=1S/C24H28N4O2/c1-4-5-8-16-28-24(30)22(18(3)27-28)26-25-21-13-9-12-20(23(21)29)15-14-19-11-7-6-10-17(19)2/h6-7,9-15,27,29H,4-5,8,16H2,1-3H3/b15-14+,26-25?. The number of azo groups is 1. The molecule has 0 spiro atoms. The molecule has 0 saturated carbocycles. The number of H-pyrrole nitrogens is 1. The van der Waals surface area contributed by atoms with Crippen molar-refractivity contribution in [2.45, 2.75) is 46.6 Å². The van der Waals surface area contributed by atoms with Crippen LogP contribution in [0.25, 0.3) is 12.2 Å². The zero-order chi connectivity index (χ0) is 21.5. The lowest BCUT2D eigenvalue weighted by molar-refractivity contribution is 0.475. The summed E-state index contributed by atoms with van der Waals surface area (Å²) in [6.45, 7) is 6.60. The highest BCUT2D eigenvalue weighted by Crippen LogP contribution is 2.32. The molecule has 0 unspecified atom stereocenters. The first-order valence-electron chi connectivity index (χ1n) is 10.3. The third-order valence-electron chi connectivity index (χ3n) is 5.03. The molecule has 0 amide bonds. The predicted octanol–water partition coefficient (Wildman–Crippen LogP) is 6.27. The number of hydrogen-bond donors (Lipinski definition) is 2. The molecule has 1 heterocycles. The van der Waals surface area contributed by atoms with E-state index in [1.165, 1.54) is 0 Å². The number of nitrogens with one attached hydrogen (secondary N) is 1. The van der Waals surface area contributed by atoms with Gasteiger partial charge in [0, 0.05) is 12.1 Å². The van der Waals surface area contributed by atoms with Crippen LogP contribution < -0.4 is 5.56 Å². The van der Waals surface area contributed by atoms with Crippen LogP contribution in [0.1, 0.15) is 48.6 Å². The van der Waals surface area contributed by atoms with Gasteiger partial charge in [0.1, 0.15) is 11.4 Å². The van der Waals surface area contributed by atoms with E-state index in [0.29, 0.717) is 23.5 Å². The van der Waals surface area contributed by atoms with Crippen LogP contribution in [0.5, 0.6) is 5.75 Å². The van der Waals surface area contributed by atoms with Crippen molar-refractivity contribution in [3.63, 3.8) is 0 Å². The van der Waals surface area contributed by atoms with Gasteiger partial charge >= 0.3 is 0 Å². The van der Waals surface area contributed by atoms with Crippen molar-refractivity contribution in [3.05, 3.63) is 75.2 Å². The summed E-state index contributed by atoms with van der Waals surface area (Å²) in [5.41, 5.74) is 3.93. The molecule has 0 bridgehead atoms. The van der Waals surface area contributed by atoms with Gasteiger partial charge in [-0.1, -0.05) is 68.3 Å². The number of aromatic hydroxyl groups is 1. The molecule has 2 N–H and O–H groups in total. The molecule has 0 radical (unpaired) electrons. The first-order chi connectivity index (χ1) is 14.5. The second-order valence-electron chi connectivity index (χ2n) is 7.35. The summed E-state index contributed by atoms with van der Waals surface area (Å²) in [7, 11) is 0. The van der Waals surface area contributed by atoms with Crippen molar-refractivity contribution in [2.24, 2.45) is 10.2 Å². The maximum atomic E-state index is 12.6. The quantitative estimate of drug-likeness (QED) is 0.263. The molecule has 0 aliphatic heterocycles. The first-order valence-corrected chi connectivity index (χ1v) is 10.3. The number of aromatic nitrogens is 2. The zero-order valence-electron chi connectivity index (χ0n) is 17.7. The first kappa shape index (κ1) is 21.3. The monoisotopic (exact) mass is 404 g/mol. The summed E-state index contributed by atoms with van der Waals surface area (Å²) in [5.74, 6) is 0.0301. The zero-order valence-corrected chi connectivity index (χ0v) is 17.7. The summed E-state index contributed by atoms with van der Waals surface area (Å²) in [5, 5.41) is 21.9. The van der Waals surface area contributed by atoms with Crippen LogP contribution >= 0.6 is 0 Å². The van der Waals surface area contributed by atoms with Crippen molar-refractivity contribution in [3.8, 4) is 5.75 Å². The molecule has 1 aromatic heterocycles. The summed E-state index contributed by atoms with van der Waals surface area (Å²) >= 11 is 0. The summed E-state index contributed by atoms with van der Waals surface area (Å²) in [4.78, 5) is 12.6. The largest absolute Gasteiger partial charge is 0.505 e. The third kappa shape index (κ3) is 4.95. The van der Waals surface area contributed by atoms with Crippen LogP contribution in [0.15, 0.2) is 57.5 Å². The molecule has 0 aliphatic carbocycles. The van der Waals surface area contributed by atoms with Crippen LogP contribution in [-0.4, -0.2) is 14.9 Å². The second-order valence-corrected chi connectivity index (χ2v) is 7.35. The van der Waals surface area contributed by atoms with Crippen molar-refractivity contribution in [1.29, 1.82) is 0 Å². The van der Waals surface area contributed by atoms with Crippen LogP contribution in [0.3, 0.4) is 0 Å². The van der Waals surface area contributed by atoms with Gasteiger partial charge in [-0.3, -0.25) is 14.6 Å². The minimum absolute atomic E-state index is 0.0301. The summed E-state index contributed by atoms with van der Waals surface area (Å²) < 4.78 is 1.57. The normalized spacial score (nSPS) is 11.7. The molecule has 6 nitrogen and oxygen atoms in total. The average Bonchev–Trinajstić information content (AvgIpc) is 3.00. The van der Waals surface area contributed by atoms with Gasteiger partial charge in [-0.2, -0.15) is 0 Å². The van der Waals surface area contributed by atoms with Gasteiger partial charge in [-0.05, 0) is 37.5 Å². The Morgan fingerprint density at radius 1 is 1.00 bits per heavy atom. The lowest BCUT2D eigenvalue weighted by Crippen LogP contribution is -2.16. The highest BCUT2D eigenvalue weighted by atomic mass is 16.3. The Hall–Kier alpha value is -3.41. The van der Waals surface area contributed by atoms with Crippen molar-refractivity contribution in [1.82, 2.24) is 9.78 Å². The minimum Gasteiger partial charge on any atom is -0.505 e. The molecule has 0 atom stereocenters. The number of aromatic amines is 1. The Morgan fingerprint density at radius 3 is 2.50 bits per heavy atom. The fraction of sp³-hybridized carbons (Fsp3) is 0.292. The van der Waals surface area contributed by atoms with E-state index in [1.54, 1.807) is 23.7 Å². The molecule has 156 valence electrons. The van der Waals surface area contributed by atoms with Gasteiger partial charge in [-0.25, -0.2) is 0 Å². The van der Waals surface area contributed by atoms with Crippen molar-refractivity contribution in [2.75, 3.05) is 0 Å². The number of nitrogens with zero attached hydrogens (tertiary/aromatic N) is 3. The van der Waals surface area contributed by atoms with Gasteiger partial charge in [-0.15, -0.1) is 10.2 Å². The van der Waals surface area contributed by atoms with E-state index < -0.39 is 0 Å². The number of hydrogen-bond acceptors (Lipinski definition) is 4. The summed E-state index contributed by atoms with van der Waals surface area (Å²) in [6.07, 6.45) is 6.89.